The Hall–Kier alpha value is -0.830. The number of hydrogen-bond acceptors (Lipinski definition) is 2. The number of nitrogens with zero attached hydrogens (tertiary/aromatic N) is 2. The summed E-state index contributed by atoms with van der Waals surface area (Å²) in [6.07, 6.45) is 7.54. The zero-order valence-electron chi connectivity index (χ0n) is 12.0. The fourth-order valence-electron chi connectivity index (χ4n) is 1.86. The lowest BCUT2D eigenvalue weighted by Gasteiger charge is -2.23. The predicted molar refractivity (Wildman–Crippen MR) is 72.9 cm³/mol. The Morgan fingerprint density at radius 1 is 1.41 bits per heavy atom. The monoisotopic (exact) mass is 237 g/mol. The number of aryl methyl sites for hydroxylation is 1. The smallest absolute Gasteiger partial charge is 0.0947 e. The van der Waals surface area contributed by atoms with Gasteiger partial charge in [-0.25, -0.2) is 4.98 Å². The molecule has 0 aliphatic carbocycles. The maximum atomic E-state index is 4.47. The van der Waals surface area contributed by atoms with Crippen LogP contribution in [-0.2, 0) is 7.05 Å². The molecule has 0 saturated carbocycles. The summed E-state index contributed by atoms with van der Waals surface area (Å²) in [6, 6.07) is 0.398. The summed E-state index contributed by atoms with van der Waals surface area (Å²) >= 11 is 0. The lowest BCUT2D eigenvalue weighted by molar-refractivity contribution is 0.330. The maximum Gasteiger partial charge on any atom is 0.0947 e. The molecule has 0 radical (unpaired) electrons. The van der Waals surface area contributed by atoms with E-state index in [-0.39, 0.29) is 0 Å². The van der Waals surface area contributed by atoms with E-state index in [2.05, 4.69) is 44.2 Å². The molecule has 0 aromatic carbocycles. The molecule has 1 atom stereocenters. The minimum atomic E-state index is 0.390. The summed E-state index contributed by atoms with van der Waals surface area (Å²) in [7, 11) is 2.02. The topological polar surface area (TPSA) is 29.9 Å². The molecule has 98 valence electrons. The molecule has 1 rings (SSSR count). The van der Waals surface area contributed by atoms with Crippen molar-refractivity contribution in [2.45, 2.75) is 53.0 Å². The minimum absolute atomic E-state index is 0.390. The lowest BCUT2D eigenvalue weighted by Crippen LogP contribution is -2.24. The van der Waals surface area contributed by atoms with Crippen molar-refractivity contribution >= 4 is 0 Å². The molecule has 0 spiro atoms. The van der Waals surface area contributed by atoms with Gasteiger partial charge in [-0.15, -0.1) is 0 Å². The Morgan fingerprint density at radius 2 is 2.12 bits per heavy atom. The van der Waals surface area contributed by atoms with E-state index >= 15 is 0 Å². The summed E-state index contributed by atoms with van der Waals surface area (Å²) in [4.78, 5) is 4.47. The van der Waals surface area contributed by atoms with E-state index in [9.17, 15) is 0 Å². The number of rotatable bonds is 6. The molecule has 3 heteroatoms. The van der Waals surface area contributed by atoms with Crippen molar-refractivity contribution in [3.63, 3.8) is 0 Å². The molecule has 0 bridgehead atoms. The Labute approximate surface area is 106 Å². The van der Waals surface area contributed by atoms with Crippen LogP contribution in [0.4, 0.5) is 0 Å². The molecule has 3 nitrogen and oxygen atoms in total. The van der Waals surface area contributed by atoms with E-state index in [0.29, 0.717) is 11.5 Å². The van der Waals surface area contributed by atoms with Gasteiger partial charge in [0, 0.05) is 13.2 Å². The van der Waals surface area contributed by atoms with E-state index in [1.165, 1.54) is 18.5 Å². The second-order valence-corrected chi connectivity index (χ2v) is 6.07. The summed E-state index contributed by atoms with van der Waals surface area (Å²) < 4.78 is 2.02. The number of nitrogens with one attached hydrogen (secondary N) is 1. The van der Waals surface area contributed by atoms with Gasteiger partial charge in [0.15, 0.2) is 0 Å². The van der Waals surface area contributed by atoms with Crippen molar-refractivity contribution in [2.75, 3.05) is 6.54 Å². The highest BCUT2D eigenvalue weighted by Gasteiger charge is 2.17. The fraction of sp³-hybridized carbons (Fsp3) is 0.786. The molecule has 1 unspecified atom stereocenters. The molecule has 0 saturated heterocycles. The van der Waals surface area contributed by atoms with Gasteiger partial charge in [-0.2, -0.15) is 0 Å². The van der Waals surface area contributed by atoms with Crippen LogP contribution in [-0.4, -0.2) is 16.1 Å². The number of imidazole rings is 1. The molecular formula is C14H27N3. The van der Waals surface area contributed by atoms with Gasteiger partial charge in [0.25, 0.3) is 0 Å². The first kappa shape index (κ1) is 14.2. The SMILES string of the molecule is CCCNC(CCC(C)(C)C)c1cn(C)cn1. The van der Waals surface area contributed by atoms with Crippen molar-refractivity contribution < 1.29 is 0 Å². The Morgan fingerprint density at radius 3 is 2.59 bits per heavy atom. The highest BCUT2D eigenvalue weighted by molar-refractivity contribution is 5.03. The van der Waals surface area contributed by atoms with E-state index < -0.39 is 0 Å². The second-order valence-electron chi connectivity index (χ2n) is 6.07. The van der Waals surface area contributed by atoms with E-state index in [1.54, 1.807) is 0 Å². The van der Waals surface area contributed by atoms with E-state index in [4.69, 9.17) is 0 Å². The Balaban J connectivity index is 2.60. The van der Waals surface area contributed by atoms with E-state index in [0.717, 1.165) is 13.0 Å². The summed E-state index contributed by atoms with van der Waals surface area (Å²) in [6.45, 7) is 10.1. The normalized spacial score (nSPS) is 13.9. The molecule has 0 aliphatic rings. The molecule has 0 fully saturated rings. The van der Waals surface area contributed by atoms with Crippen molar-refractivity contribution in [1.29, 1.82) is 0 Å². The molecule has 0 aliphatic heterocycles. The Bertz CT molecular complexity index is 322. The van der Waals surface area contributed by atoms with Crippen LogP contribution in [0.15, 0.2) is 12.5 Å². The second kappa shape index (κ2) is 6.20. The molecule has 17 heavy (non-hydrogen) atoms. The zero-order valence-corrected chi connectivity index (χ0v) is 12.0. The van der Waals surface area contributed by atoms with Crippen LogP contribution in [0.3, 0.4) is 0 Å². The molecule has 1 aromatic heterocycles. The van der Waals surface area contributed by atoms with Crippen LogP contribution in [0, 0.1) is 5.41 Å². The molecule has 1 aromatic rings. The van der Waals surface area contributed by atoms with Crippen LogP contribution >= 0.6 is 0 Å². The minimum Gasteiger partial charge on any atom is -0.340 e. The van der Waals surface area contributed by atoms with Crippen LogP contribution in [0.1, 0.15) is 58.7 Å². The Kier molecular flexibility index (Phi) is 5.19. The van der Waals surface area contributed by atoms with Gasteiger partial charge in [-0.1, -0.05) is 27.7 Å². The molecule has 1 N–H and O–H groups in total. The van der Waals surface area contributed by atoms with Crippen LogP contribution < -0.4 is 5.32 Å². The quantitative estimate of drug-likeness (QED) is 0.823. The maximum absolute atomic E-state index is 4.47. The molecule has 1 heterocycles. The van der Waals surface area contributed by atoms with Gasteiger partial charge >= 0.3 is 0 Å². The van der Waals surface area contributed by atoms with Crippen LogP contribution in [0.25, 0.3) is 0 Å². The standard InChI is InChI=1S/C14H27N3/c1-6-9-15-12(7-8-14(2,3)4)13-10-17(5)11-16-13/h10-12,15H,6-9H2,1-5H3. The lowest BCUT2D eigenvalue weighted by atomic mass is 9.88. The molecule has 0 amide bonds. The number of aromatic nitrogens is 2. The fourth-order valence-corrected chi connectivity index (χ4v) is 1.86. The predicted octanol–water partition coefficient (Wildman–Crippen LogP) is 3.29. The summed E-state index contributed by atoms with van der Waals surface area (Å²) in [5, 5.41) is 3.60. The third-order valence-corrected chi connectivity index (χ3v) is 2.91. The van der Waals surface area contributed by atoms with Crippen molar-refractivity contribution in [3.8, 4) is 0 Å². The van der Waals surface area contributed by atoms with Crippen LogP contribution in [0.2, 0.25) is 0 Å². The van der Waals surface area contributed by atoms with Crippen molar-refractivity contribution in [3.05, 3.63) is 18.2 Å². The molecular weight excluding hydrogens is 210 g/mol. The highest BCUT2D eigenvalue weighted by Crippen LogP contribution is 2.26. The highest BCUT2D eigenvalue weighted by atomic mass is 15.0. The van der Waals surface area contributed by atoms with Gasteiger partial charge in [-0.05, 0) is 31.2 Å². The van der Waals surface area contributed by atoms with Gasteiger partial charge in [0.1, 0.15) is 0 Å². The van der Waals surface area contributed by atoms with Crippen molar-refractivity contribution in [2.24, 2.45) is 12.5 Å². The average molecular weight is 237 g/mol. The van der Waals surface area contributed by atoms with Gasteiger partial charge in [-0.3, -0.25) is 0 Å². The van der Waals surface area contributed by atoms with Gasteiger partial charge < -0.3 is 9.88 Å². The first-order valence-corrected chi connectivity index (χ1v) is 6.63. The first-order chi connectivity index (χ1) is 7.92. The third-order valence-electron chi connectivity index (χ3n) is 2.91. The summed E-state index contributed by atoms with van der Waals surface area (Å²) in [5.74, 6) is 0. The van der Waals surface area contributed by atoms with Crippen LogP contribution in [0.5, 0.6) is 0 Å². The van der Waals surface area contributed by atoms with Gasteiger partial charge in [0.05, 0.1) is 18.1 Å². The summed E-state index contributed by atoms with van der Waals surface area (Å²) in [5.41, 5.74) is 1.56. The first-order valence-electron chi connectivity index (χ1n) is 6.63. The number of hydrogen-bond donors (Lipinski definition) is 1. The largest absolute Gasteiger partial charge is 0.340 e. The van der Waals surface area contributed by atoms with E-state index in [1.807, 2.05) is 17.9 Å². The average Bonchev–Trinajstić information content (AvgIpc) is 2.63. The van der Waals surface area contributed by atoms with Gasteiger partial charge in [0.2, 0.25) is 0 Å². The zero-order chi connectivity index (χ0) is 12.9. The van der Waals surface area contributed by atoms with Crippen molar-refractivity contribution in [1.82, 2.24) is 14.9 Å². The third kappa shape index (κ3) is 5.35.